The fraction of sp³-hybridized carbons (Fsp3) is 0.200. The zero-order valence-corrected chi connectivity index (χ0v) is 22.3. The average molecular weight is 750 g/mol. The van der Waals surface area contributed by atoms with Gasteiger partial charge in [-0.3, -0.25) is 20.2 Å². The Labute approximate surface area is 208 Å². The van der Waals surface area contributed by atoms with Gasteiger partial charge in [-0.1, -0.05) is 0 Å². The second-order valence-electron chi connectivity index (χ2n) is 5.54. The van der Waals surface area contributed by atoms with Gasteiger partial charge in [0.1, 0.15) is 5.69 Å². The van der Waals surface area contributed by atoms with Crippen molar-refractivity contribution in [1.82, 2.24) is 0 Å². The maximum Gasteiger partial charge on any atom is 0.418 e. The Morgan fingerprint density at radius 1 is 0.867 bits per heavy atom. The first-order valence-electron chi connectivity index (χ1n) is 7.56. The van der Waals surface area contributed by atoms with E-state index in [-0.39, 0.29) is 18.3 Å². The molecule has 2 aromatic rings. The summed E-state index contributed by atoms with van der Waals surface area (Å²) in [4.78, 5) is 21.6. The minimum Gasteiger partial charge on any atom is -0.334 e. The molecule has 0 aliphatic carbocycles. The van der Waals surface area contributed by atoms with Gasteiger partial charge in [0.15, 0.2) is 0 Å². The highest BCUT2D eigenvalue weighted by Crippen LogP contribution is 2.53. The van der Waals surface area contributed by atoms with Gasteiger partial charge >= 0.3 is 6.18 Å². The van der Waals surface area contributed by atoms with Crippen molar-refractivity contribution in [1.29, 1.82) is 0 Å². The first-order chi connectivity index (χ1) is 13.7. The minimum atomic E-state index is -5.09. The van der Waals surface area contributed by atoms with Crippen molar-refractivity contribution in [3.63, 3.8) is 0 Å². The van der Waals surface area contributed by atoms with E-state index >= 15 is 0 Å². The molecule has 0 unspecified atom stereocenters. The summed E-state index contributed by atoms with van der Waals surface area (Å²) < 4.78 is 43.6. The molecule has 0 saturated carbocycles. The lowest BCUT2D eigenvalue weighted by Crippen LogP contribution is -2.23. The van der Waals surface area contributed by atoms with Gasteiger partial charge in [-0.25, -0.2) is 0 Å². The van der Waals surface area contributed by atoms with Gasteiger partial charge in [0.25, 0.3) is 11.4 Å². The summed E-state index contributed by atoms with van der Waals surface area (Å²) in [5.74, 6) is 0. The Kier molecular flexibility index (Phi) is 7.97. The fourth-order valence-electron chi connectivity index (χ4n) is 2.61. The van der Waals surface area contributed by atoms with Crippen molar-refractivity contribution in [2.75, 3.05) is 11.4 Å². The molecule has 0 bridgehead atoms. The minimum absolute atomic E-state index is 0.126. The summed E-state index contributed by atoms with van der Waals surface area (Å²) in [6, 6.07) is 0.799. The van der Waals surface area contributed by atoms with Gasteiger partial charge < -0.3 is 4.90 Å². The van der Waals surface area contributed by atoms with Crippen LogP contribution in [0.4, 0.5) is 35.9 Å². The summed E-state index contributed by atoms with van der Waals surface area (Å²) in [5, 5.41) is 22.7. The van der Waals surface area contributed by atoms with E-state index in [2.05, 4.69) is 79.6 Å². The molecule has 0 atom stereocenters. The normalized spacial score (nSPS) is 11.5. The summed E-state index contributed by atoms with van der Waals surface area (Å²) in [7, 11) is 0. The molecule has 0 fully saturated rings. The predicted molar refractivity (Wildman–Crippen MR) is 122 cm³/mol. The maximum atomic E-state index is 13.9. The maximum absolute atomic E-state index is 13.9. The molecule has 0 aliphatic heterocycles. The van der Waals surface area contributed by atoms with Crippen LogP contribution in [0, 0.1) is 20.2 Å². The summed E-state index contributed by atoms with van der Waals surface area (Å²) in [5.41, 5.74) is -4.26. The van der Waals surface area contributed by atoms with Crippen LogP contribution in [0.2, 0.25) is 0 Å². The number of nitro benzene ring substituents is 2. The van der Waals surface area contributed by atoms with Crippen LogP contribution in [0.15, 0.2) is 34.5 Å². The molecular weight excluding hydrogens is 743 g/mol. The van der Waals surface area contributed by atoms with Crippen molar-refractivity contribution >= 4 is 102 Å². The quantitative estimate of drug-likeness (QED) is 0.133. The SMILES string of the molecule is CCN(c1c([N+](=O)[O-])cc([N+](=O)[O-])cc1C(F)(F)F)c1c(Br)c(Br)c(Br)c(Br)c1Br. The zero-order valence-electron chi connectivity index (χ0n) is 14.4. The van der Waals surface area contributed by atoms with Gasteiger partial charge in [-0.2, -0.15) is 13.2 Å². The fourth-order valence-corrected chi connectivity index (χ4v) is 6.06. The molecule has 0 saturated heterocycles. The number of hydrogen-bond acceptors (Lipinski definition) is 5. The third-order valence-corrected chi connectivity index (χ3v) is 9.88. The van der Waals surface area contributed by atoms with Crippen molar-refractivity contribution in [3.05, 3.63) is 60.3 Å². The molecule has 0 aliphatic rings. The molecule has 2 rings (SSSR count). The second-order valence-corrected chi connectivity index (χ2v) is 9.50. The highest BCUT2D eigenvalue weighted by molar-refractivity contribution is 9.15. The van der Waals surface area contributed by atoms with E-state index in [1.54, 1.807) is 0 Å². The van der Waals surface area contributed by atoms with Crippen LogP contribution in [-0.2, 0) is 6.18 Å². The Hall–Kier alpha value is -0.770. The number of nitrogens with zero attached hydrogens (tertiary/aromatic N) is 3. The van der Waals surface area contributed by atoms with Crippen LogP contribution >= 0.6 is 79.6 Å². The predicted octanol–water partition coefficient (Wildman–Crippen LogP) is 8.49. The monoisotopic (exact) mass is 745 g/mol. The molecule has 0 amide bonds. The van der Waals surface area contributed by atoms with Crippen LogP contribution in [0.25, 0.3) is 0 Å². The lowest BCUT2D eigenvalue weighted by Gasteiger charge is -2.29. The number of non-ortho nitro benzene ring substituents is 1. The zero-order chi connectivity index (χ0) is 23.1. The van der Waals surface area contributed by atoms with Crippen molar-refractivity contribution in [2.45, 2.75) is 13.1 Å². The average Bonchev–Trinajstić information content (AvgIpc) is 2.66. The number of halogens is 8. The third kappa shape index (κ3) is 4.69. The highest BCUT2D eigenvalue weighted by atomic mass is 79.9. The molecule has 15 heteroatoms. The highest BCUT2D eigenvalue weighted by Gasteiger charge is 2.42. The van der Waals surface area contributed by atoms with Crippen LogP contribution in [0.1, 0.15) is 12.5 Å². The Bertz CT molecular complexity index is 1040. The van der Waals surface area contributed by atoms with Crippen LogP contribution in [0.5, 0.6) is 0 Å². The Balaban J connectivity index is 3.05. The van der Waals surface area contributed by atoms with Gasteiger partial charge in [0.2, 0.25) is 0 Å². The number of hydrogen-bond donors (Lipinski definition) is 0. The van der Waals surface area contributed by atoms with Gasteiger partial charge in [-0.15, -0.1) is 0 Å². The molecule has 0 radical (unpaired) electrons. The molecule has 30 heavy (non-hydrogen) atoms. The smallest absolute Gasteiger partial charge is 0.334 e. The number of anilines is 2. The molecule has 2 aromatic carbocycles. The summed E-state index contributed by atoms with van der Waals surface area (Å²) in [6.07, 6.45) is -5.09. The molecule has 0 heterocycles. The van der Waals surface area contributed by atoms with Gasteiger partial charge in [0.05, 0.1) is 36.1 Å². The number of alkyl halides is 3. The van der Waals surface area contributed by atoms with Gasteiger partial charge in [0, 0.05) is 26.0 Å². The van der Waals surface area contributed by atoms with Crippen molar-refractivity contribution in [3.8, 4) is 0 Å². The molecule has 0 aromatic heterocycles. The largest absolute Gasteiger partial charge is 0.418 e. The lowest BCUT2D eigenvalue weighted by atomic mass is 10.1. The molecule has 0 spiro atoms. The molecule has 0 N–H and O–H groups in total. The standard InChI is InChI=1S/C15H7Br5F3N3O4/c1-2-24(14-11(19)9(17)8(16)10(18)12(14)20)13-6(15(21,22)23)3-5(25(27)28)4-7(13)26(29)30/h3-4H,2H2,1H3. The molecule has 162 valence electrons. The van der Waals surface area contributed by atoms with E-state index in [1.807, 2.05) is 0 Å². The van der Waals surface area contributed by atoms with E-state index in [1.165, 1.54) is 6.92 Å². The Morgan fingerprint density at radius 3 is 1.70 bits per heavy atom. The lowest BCUT2D eigenvalue weighted by molar-refractivity contribution is -0.394. The van der Waals surface area contributed by atoms with E-state index in [4.69, 9.17) is 0 Å². The van der Waals surface area contributed by atoms with E-state index in [0.29, 0.717) is 28.4 Å². The van der Waals surface area contributed by atoms with E-state index < -0.39 is 38.6 Å². The van der Waals surface area contributed by atoms with Crippen molar-refractivity contribution < 1.29 is 23.0 Å². The number of nitro groups is 2. The Morgan fingerprint density at radius 2 is 1.33 bits per heavy atom. The van der Waals surface area contributed by atoms with Crippen LogP contribution in [0.3, 0.4) is 0 Å². The van der Waals surface area contributed by atoms with E-state index in [9.17, 15) is 33.4 Å². The van der Waals surface area contributed by atoms with E-state index in [0.717, 1.165) is 4.90 Å². The summed E-state index contributed by atoms with van der Waals surface area (Å²) in [6.45, 7) is 1.37. The van der Waals surface area contributed by atoms with Crippen LogP contribution < -0.4 is 4.90 Å². The number of rotatable bonds is 5. The molecular formula is C15H7Br5F3N3O4. The first-order valence-corrected chi connectivity index (χ1v) is 11.5. The van der Waals surface area contributed by atoms with Crippen LogP contribution in [-0.4, -0.2) is 16.4 Å². The second kappa shape index (κ2) is 9.38. The third-order valence-electron chi connectivity index (χ3n) is 3.83. The molecule has 7 nitrogen and oxygen atoms in total. The summed E-state index contributed by atoms with van der Waals surface area (Å²) >= 11 is 16.5. The topological polar surface area (TPSA) is 89.5 Å². The number of benzene rings is 2. The van der Waals surface area contributed by atoms with Crippen molar-refractivity contribution in [2.24, 2.45) is 0 Å². The van der Waals surface area contributed by atoms with Gasteiger partial charge in [-0.05, 0) is 86.6 Å². The first kappa shape index (κ1) is 25.5.